The van der Waals surface area contributed by atoms with Gasteiger partial charge < -0.3 is 5.32 Å². The lowest BCUT2D eigenvalue weighted by atomic mass is 10.0. The van der Waals surface area contributed by atoms with Gasteiger partial charge in [-0.25, -0.2) is 0 Å². The molecule has 1 amide bonds. The fourth-order valence-electron chi connectivity index (χ4n) is 3.24. The molecule has 2 aromatic rings. The van der Waals surface area contributed by atoms with Gasteiger partial charge in [-0.3, -0.25) is 9.78 Å². The Kier molecular flexibility index (Phi) is 3.28. The first-order valence-electron chi connectivity index (χ1n) is 7.29. The Labute approximate surface area is 125 Å². The van der Waals surface area contributed by atoms with Crippen LogP contribution >= 0.6 is 0 Å². The number of aromatic nitrogens is 1. The van der Waals surface area contributed by atoms with Crippen LogP contribution in [0.15, 0.2) is 48.7 Å². The molecule has 1 N–H and O–H groups in total. The van der Waals surface area contributed by atoms with Gasteiger partial charge in [0.25, 0.3) is 0 Å². The molecule has 3 rings (SSSR count). The number of carbonyl (C=O) groups excluding carboxylic acids is 1. The van der Waals surface area contributed by atoms with E-state index in [1.165, 1.54) is 5.56 Å². The summed E-state index contributed by atoms with van der Waals surface area (Å²) in [6.07, 6.45) is 1.73. The molecule has 108 valence electrons. The largest absolute Gasteiger partial charge is 0.324 e. The Bertz CT molecular complexity index is 664. The topological polar surface area (TPSA) is 42.0 Å². The van der Waals surface area contributed by atoms with Gasteiger partial charge in [0.05, 0.1) is 17.3 Å². The van der Waals surface area contributed by atoms with Gasteiger partial charge in [-0.1, -0.05) is 44.2 Å². The summed E-state index contributed by atoms with van der Waals surface area (Å²) in [5.41, 5.74) is 2.89. The molecule has 1 aromatic heterocycles. The number of hydrogen-bond acceptors (Lipinski definition) is 2. The maximum absolute atomic E-state index is 12.6. The lowest BCUT2D eigenvalue weighted by Gasteiger charge is -2.07. The summed E-state index contributed by atoms with van der Waals surface area (Å²) in [5.74, 6) is 0.389. The van der Waals surface area contributed by atoms with Crippen LogP contribution in [0.4, 0.5) is 5.69 Å². The molecule has 0 radical (unpaired) electrons. The number of nitrogens with one attached hydrogen (secondary N) is 1. The van der Waals surface area contributed by atoms with Crippen LogP contribution in [0, 0.1) is 18.3 Å². The quantitative estimate of drug-likeness (QED) is 0.930. The third-order valence-corrected chi connectivity index (χ3v) is 4.53. The zero-order valence-corrected chi connectivity index (χ0v) is 12.6. The van der Waals surface area contributed by atoms with E-state index in [2.05, 4.69) is 36.3 Å². The maximum Gasteiger partial charge on any atom is 0.228 e. The number of aryl methyl sites for hydroxylation is 1. The monoisotopic (exact) mass is 280 g/mol. The highest BCUT2D eigenvalue weighted by Gasteiger charge is 2.62. The molecular formula is C18H20N2O. The number of pyridine rings is 1. The molecule has 3 nitrogen and oxygen atoms in total. The van der Waals surface area contributed by atoms with E-state index < -0.39 is 0 Å². The Morgan fingerprint density at radius 3 is 2.52 bits per heavy atom. The van der Waals surface area contributed by atoms with Crippen molar-refractivity contribution in [3.05, 3.63) is 59.9 Å². The number of nitrogens with zero attached hydrogens (tertiary/aromatic N) is 1. The van der Waals surface area contributed by atoms with Crippen LogP contribution in [0.25, 0.3) is 0 Å². The van der Waals surface area contributed by atoms with Crippen molar-refractivity contribution in [3.8, 4) is 0 Å². The lowest BCUT2D eigenvalue weighted by molar-refractivity contribution is -0.118. The zero-order valence-electron chi connectivity index (χ0n) is 12.6. The molecule has 0 bridgehead atoms. The summed E-state index contributed by atoms with van der Waals surface area (Å²) in [4.78, 5) is 16.8. The van der Waals surface area contributed by atoms with E-state index in [1.54, 1.807) is 6.20 Å². The van der Waals surface area contributed by atoms with E-state index in [-0.39, 0.29) is 23.2 Å². The molecule has 21 heavy (non-hydrogen) atoms. The van der Waals surface area contributed by atoms with E-state index >= 15 is 0 Å². The highest BCUT2D eigenvalue weighted by atomic mass is 16.2. The van der Waals surface area contributed by atoms with Crippen LogP contribution < -0.4 is 5.32 Å². The van der Waals surface area contributed by atoms with Crippen molar-refractivity contribution in [1.29, 1.82) is 0 Å². The van der Waals surface area contributed by atoms with Crippen LogP contribution in [0.5, 0.6) is 0 Å². The SMILES string of the molecule is Cc1ncccc1NC(=O)[C@H]1[C@H](c2ccccc2)C1(C)C. The van der Waals surface area contributed by atoms with Crippen molar-refractivity contribution < 1.29 is 4.79 Å². The first kappa shape index (κ1) is 13.8. The van der Waals surface area contributed by atoms with Gasteiger partial charge in [-0.2, -0.15) is 0 Å². The average Bonchev–Trinajstić information content (AvgIpc) is 3.05. The summed E-state index contributed by atoms with van der Waals surface area (Å²) in [7, 11) is 0. The molecular weight excluding hydrogens is 260 g/mol. The summed E-state index contributed by atoms with van der Waals surface area (Å²) in [6, 6.07) is 14.0. The van der Waals surface area contributed by atoms with Crippen molar-refractivity contribution in [2.75, 3.05) is 5.32 Å². The second-order valence-electron chi connectivity index (χ2n) is 6.31. The average molecular weight is 280 g/mol. The van der Waals surface area contributed by atoms with Crippen molar-refractivity contribution in [2.45, 2.75) is 26.7 Å². The molecule has 1 aromatic carbocycles. The van der Waals surface area contributed by atoms with E-state index in [1.807, 2.05) is 37.3 Å². The number of benzene rings is 1. The van der Waals surface area contributed by atoms with E-state index in [0.29, 0.717) is 0 Å². The molecule has 0 spiro atoms. The van der Waals surface area contributed by atoms with Gasteiger partial charge >= 0.3 is 0 Å². The van der Waals surface area contributed by atoms with Gasteiger partial charge in [0.1, 0.15) is 0 Å². The van der Waals surface area contributed by atoms with Crippen LogP contribution in [0.1, 0.15) is 31.0 Å². The van der Waals surface area contributed by atoms with Gasteiger partial charge in [0, 0.05) is 12.1 Å². The second-order valence-corrected chi connectivity index (χ2v) is 6.31. The molecule has 0 aliphatic heterocycles. The normalized spacial score (nSPS) is 22.6. The van der Waals surface area contributed by atoms with Crippen molar-refractivity contribution in [3.63, 3.8) is 0 Å². The van der Waals surface area contributed by atoms with E-state index in [0.717, 1.165) is 11.4 Å². The highest BCUT2D eigenvalue weighted by Crippen LogP contribution is 2.64. The lowest BCUT2D eigenvalue weighted by Crippen LogP contribution is -2.17. The first-order chi connectivity index (χ1) is 10.0. The van der Waals surface area contributed by atoms with Gasteiger partial charge in [-0.05, 0) is 30.0 Å². The molecule has 1 fully saturated rings. The van der Waals surface area contributed by atoms with Gasteiger partial charge in [0.2, 0.25) is 5.91 Å². The number of amides is 1. The summed E-state index contributed by atoms with van der Waals surface area (Å²) < 4.78 is 0. The summed E-state index contributed by atoms with van der Waals surface area (Å²) in [5, 5.41) is 3.03. The highest BCUT2D eigenvalue weighted by molar-refractivity contribution is 5.96. The van der Waals surface area contributed by atoms with Crippen molar-refractivity contribution in [1.82, 2.24) is 4.98 Å². The molecule has 1 heterocycles. The Morgan fingerprint density at radius 1 is 1.14 bits per heavy atom. The number of carbonyl (C=O) groups is 1. The van der Waals surface area contributed by atoms with Gasteiger partial charge in [-0.15, -0.1) is 0 Å². The smallest absolute Gasteiger partial charge is 0.228 e. The van der Waals surface area contributed by atoms with Crippen molar-refractivity contribution >= 4 is 11.6 Å². The van der Waals surface area contributed by atoms with Crippen molar-refractivity contribution in [2.24, 2.45) is 11.3 Å². The molecule has 3 heteroatoms. The summed E-state index contributed by atoms with van der Waals surface area (Å²) >= 11 is 0. The van der Waals surface area contributed by atoms with Crippen LogP contribution in [-0.4, -0.2) is 10.9 Å². The Balaban J connectivity index is 1.79. The predicted octanol–water partition coefficient (Wildman–Crippen LogP) is 3.77. The standard InChI is InChI=1S/C18H20N2O/c1-12-14(10-7-11-19-12)20-17(21)16-15(18(16,2)3)13-8-5-4-6-9-13/h4-11,15-16H,1-3H3,(H,20,21)/t15-,16+/m0/s1. The molecule has 0 unspecified atom stereocenters. The van der Waals surface area contributed by atoms with E-state index in [9.17, 15) is 4.79 Å². The minimum atomic E-state index is 0.00154. The minimum absolute atomic E-state index is 0.00154. The van der Waals surface area contributed by atoms with Crippen LogP contribution in [0.3, 0.4) is 0 Å². The fraction of sp³-hybridized carbons (Fsp3) is 0.333. The third-order valence-electron chi connectivity index (χ3n) is 4.53. The number of rotatable bonds is 3. The zero-order chi connectivity index (χ0) is 15.0. The molecule has 1 aliphatic rings. The second kappa shape index (κ2) is 4.99. The fourth-order valence-corrected chi connectivity index (χ4v) is 3.24. The minimum Gasteiger partial charge on any atom is -0.324 e. The van der Waals surface area contributed by atoms with Gasteiger partial charge in [0.15, 0.2) is 0 Å². The molecule has 2 atom stereocenters. The first-order valence-corrected chi connectivity index (χ1v) is 7.29. The maximum atomic E-state index is 12.6. The predicted molar refractivity (Wildman–Crippen MR) is 84.1 cm³/mol. The van der Waals surface area contributed by atoms with E-state index in [4.69, 9.17) is 0 Å². The molecule has 1 saturated carbocycles. The number of hydrogen-bond donors (Lipinski definition) is 1. The summed E-state index contributed by atoms with van der Waals surface area (Å²) in [6.45, 7) is 6.22. The Hall–Kier alpha value is -2.16. The third kappa shape index (κ3) is 2.44. The van der Waals surface area contributed by atoms with Crippen LogP contribution in [0.2, 0.25) is 0 Å². The van der Waals surface area contributed by atoms with Crippen LogP contribution in [-0.2, 0) is 4.79 Å². The number of anilines is 1. The molecule has 1 aliphatic carbocycles. The Morgan fingerprint density at radius 2 is 1.86 bits per heavy atom. The molecule has 0 saturated heterocycles.